The van der Waals surface area contributed by atoms with Gasteiger partial charge in [0.15, 0.2) is 6.29 Å². The van der Waals surface area contributed by atoms with Gasteiger partial charge in [-0.3, -0.25) is 0 Å². The second kappa shape index (κ2) is 12.0. The van der Waals surface area contributed by atoms with Crippen molar-refractivity contribution < 1.29 is 29.2 Å². The van der Waals surface area contributed by atoms with Crippen molar-refractivity contribution in [2.45, 2.75) is 62.0 Å². The quantitative estimate of drug-likeness (QED) is 0.313. The van der Waals surface area contributed by atoms with E-state index in [2.05, 4.69) is 0 Å². The summed E-state index contributed by atoms with van der Waals surface area (Å²) in [5, 5.41) is 24.2. The largest absolute Gasteiger partial charge is 0.387 e. The highest BCUT2D eigenvalue weighted by Crippen LogP contribution is 2.47. The maximum absolute atomic E-state index is 12.5. The maximum atomic E-state index is 12.5. The lowest BCUT2D eigenvalue weighted by Gasteiger charge is -2.57. The molecule has 40 heavy (non-hydrogen) atoms. The standard InChI is InChI=1S/C34H34O6/c35-28-29(37-22-25-15-7-2-8-16-25)31-34(36,21-24-13-5-1-6-14-24)32(30(28)38-23-26-17-9-3-10-18-26)40-33(39-31)27-19-11-4-12-20-27/h1-20,28-33,35-36H,21-23H2/t28?,29-,30+,31-,32+,33?,34?. The summed E-state index contributed by atoms with van der Waals surface area (Å²) in [7, 11) is 0. The number of hydrogen-bond donors (Lipinski definition) is 2. The SMILES string of the molecule is OC1[C@@H](OCc2ccccc2)[C@H]2OC(c3ccccc3)O[C@@H]([C@H]1OCc1ccccc1)C2(O)Cc1ccccc1. The number of aliphatic hydroxyl groups excluding tert-OH is 1. The fourth-order valence-corrected chi connectivity index (χ4v) is 5.76. The minimum absolute atomic E-state index is 0.244. The van der Waals surface area contributed by atoms with Crippen molar-refractivity contribution in [2.75, 3.05) is 0 Å². The monoisotopic (exact) mass is 538 g/mol. The average Bonchev–Trinajstić information content (AvgIpc) is 3.00. The summed E-state index contributed by atoms with van der Waals surface area (Å²) in [5.41, 5.74) is 2.12. The molecule has 2 aliphatic rings. The smallest absolute Gasteiger partial charge is 0.185 e. The van der Waals surface area contributed by atoms with Crippen LogP contribution in [-0.2, 0) is 38.6 Å². The molecule has 3 unspecified atom stereocenters. The Kier molecular flexibility index (Phi) is 8.07. The van der Waals surface area contributed by atoms with Crippen molar-refractivity contribution in [1.29, 1.82) is 0 Å². The zero-order chi connectivity index (χ0) is 27.4. The number of ether oxygens (including phenoxy) is 4. The van der Waals surface area contributed by atoms with Gasteiger partial charge in [0.05, 0.1) is 13.2 Å². The fraction of sp³-hybridized carbons (Fsp3) is 0.294. The fourth-order valence-electron chi connectivity index (χ4n) is 5.76. The van der Waals surface area contributed by atoms with Gasteiger partial charge in [-0.05, 0) is 16.7 Å². The van der Waals surface area contributed by atoms with Gasteiger partial charge in [-0.2, -0.15) is 0 Å². The second-order valence-electron chi connectivity index (χ2n) is 10.5. The van der Waals surface area contributed by atoms with E-state index in [1.165, 1.54) is 0 Å². The molecule has 6 nitrogen and oxygen atoms in total. The second-order valence-corrected chi connectivity index (χ2v) is 10.5. The van der Waals surface area contributed by atoms with Crippen LogP contribution in [0, 0.1) is 0 Å². The lowest BCUT2D eigenvalue weighted by atomic mass is 9.70. The van der Waals surface area contributed by atoms with Gasteiger partial charge in [0.2, 0.25) is 0 Å². The van der Waals surface area contributed by atoms with Gasteiger partial charge in [-0.25, -0.2) is 0 Å². The van der Waals surface area contributed by atoms with Crippen LogP contribution in [0.5, 0.6) is 0 Å². The summed E-state index contributed by atoms with van der Waals surface area (Å²) < 4.78 is 25.8. The van der Waals surface area contributed by atoms with Gasteiger partial charge in [-0.15, -0.1) is 0 Å². The Labute approximate surface area is 234 Å². The third-order valence-corrected chi connectivity index (χ3v) is 7.77. The lowest BCUT2D eigenvalue weighted by molar-refractivity contribution is -0.396. The van der Waals surface area contributed by atoms with Gasteiger partial charge in [-0.1, -0.05) is 121 Å². The highest BCUT2D eigenvalue weighted by Gasteiger charge is 2.64. The van der Waals surface area contributed by atoms with E-state index < -0.39 is 42.4 Å². The number of aliphatic hydroxyl groups is 2. The van der Waals surface area contributed by atoms with Gasteiger partial charge in [0, 0.05) is 12.0 Å². The molecule has 4 aromatic rings. The van der Waals surface area contributed by atoms with Gasteiger partial charge in [0.1, 0.15) is 36.1 Å². The van der Waals surface area contributed by atoms with E-state index in [1.54, 1.807) is 0 Å². The molecule has 4 aromatic carbocycles. The first-order valence-corrected chi connectivity index (χ1v) is 13.7. The van der Waals surface area contributed by atoms with E-state index in [9.17, 15) is 10.2 Å². The minimum Gasteiger partial charge on any atom is -0.387 e. The van der Waals surface area contributed by atoms with E-state index in [-0.39, 0.29) is 19.6 Å². The van der Waals surface area contributed by atoms with Crippen LogP contribution in [-0.4, -0.2) is 46.3 Å². The molecule has 1 aliphatic heterocycles. The molecule has 206 valence electrons. The summed E-state index contributed by atoms with van der Waals surface area (Å²) in [6.07, 6.45) is -5.13. The molecule has 2 bridgehead atoms. The van der Waals surface area contributed by atoms with Crippen LogP contribution in [0.1, 0.15) is 28.5 Å². The van der Waals surface area contributed by atoms with Crippen molar-refractivity contribution in [3.05, 3.63) is 144 Å². The van der Waals surface area contributed by atoms with E-state index in [0.29, 0.717) is 0 Å². The summed E-state index contributed by atoms with van der Waals surface area (Å²) in [6, 6.07) is 38.9. The van der Waals surface area contributed by atoms with Gasteiger partial charge >= 0.3 is 0 Å². The molecule has 0 amide bonds. The Hall–Kier alpha value is -3.36. The van der Waals surface area contributed by atoms with Crippen molar-refractivity contribution in [3.8, 4) is 0 Å². The summed E-state index contributed by atoms with van der Waals surface area (Å²) in [6.45, 7) is 0.494. The molecule has 0 aromatic heterocycles. The Balaban J connectivity index is 1.38. The lowest BCUT2D eigenvalue weighted by Crippen LogP contribution is -2.76. The van der Waals surface area contributed by atoms with Crippen LogP contribution < -0.4 is 0 Å². The normalized spacial score (nSPS) is 29.6. The molecule has 2 fully saturated rings. The highest BCUT2D eigenvalue weighted by atomic mass is 16.7. The molecule has 1 aliphatic carbocycles. The third kappa shape index (κ3) is 5.60. The van der Waals surface area contributed by atoms with Crippen LogP contribution >= 0.6 is 0 Å². The van der Waals surface area contributed by atoms with E-state index >= 15 is 0 Å². The topological polar surface area (TPSA) is 77.4 Å². The molecule has 7 atom stereocenters. The third-order valence-electron chi connectivity index (χ3n) is 7.77. The molecule has 1 saturated heterocycles. The van der Waals surface area contributed by atoms with E-state index in [1.807, 2.05) is 121 Å². The first kappa shape index (κ1) is 26.8. The summed E-state index contributed by atoms with van der Waals surface area (Å²) >= 11 is 0. The Morgan fingerprint density at radius 1 is 0.575 bits per heavy atom. The predicted octanol–water partition coefficient (Wildman–Crippen LogP) is 4.99. The molecule has 1 heterocycles. The molecular formula is C34H34O6. The molecule has 6 rings (SSSR count). The number of fused-ring (bicyclic) bond motifs is 2. The van der Waals surface area contributed by atoms with Gasteiger partial charge in [0.25, 0.3) is 0 Å². The van der Waals surface area contributed by atoms with E-state index in [4.69, 9.17) is 18.9 Å². The van der Waals surface area contributed by atoms with Crippen LogP contribution in [0.25, 0.3) is 0 Å². The summed E-state index contributed by atoms with van der Waals surface area (Å²) in [5.74, 6) is 0. The zero-order valence-corrected chi connectivity index (χ0v) is 22.2. The molecule has 0 spiro atoms. The Morgan fingerprint density at radius 2 is 0.975 bits per heavy atom. The molecule has 2 N–H and O–H groups in total. The first-order valence-electron chi connectivity index (χ1n) is 13.7. The minimum atomic E-state index is -1.53. The first-order chi connectivity index (χ1) is 19.6. The van der Waals surface area contributed by atoms with Crippen LogP contribution in [0.3, 0.4) is 0 Å². The summed E-state index contributed by atoms with van der Waals surface area (Å²) in [4.78, 5) is 0. The number of benzene rings is 4. The Morgan fingerprint density at radius 3 is 1.43 bits per heavy atom. The number of rotatable bonds is 9. The molecule has 1 saturated carbocycles. The molecule has 6 heteroatoms. The maximum Gasteiger partial charge on any atom is 0.185 e. The Bertz CT molecular complexity index is 1270. The van der Waals surface area contributed by atoms with Crippen molar-refractivity contribution in [3.63, 3.8) is 0 Å². The average molecular weight is 539 g/mol. The van der Waals surface area contributed by atoms with E-state index in [0.717, 1.165) is 22.3 Å². The van der Waals surface area contributed by atoms with Crippen LogP contribution in [0.4, 0.5) is 0 Å². The predicted molar refractivity (Wildman–Crippen MR) is 150 cm³/mol. The zero-order valence-electron chi connectivity index (χ0n) is 22.2. The molecular weight excluding hydrogens is 504 g/mol. The van der Waals surface area contributed by atoms with Crippen molar-refractivity contribution >= 4 is 0 Å². The van der Waals surface area contributed by atoms with Crippen molar-refractivity contribution in [2.24, 2.45) is 0 Å². The van der Waals surface area contributed by atoms with Crippen LogP contribution in [0.15, 0.2) is 121 Å². The van der Waals surface area contributed by atoms with Gasteiger partial charge < -0.3 is 29.2 Å². The highest BCUT2D eigenvalue weighted by molar-refractivity contribution is 5.25. The van der Waals surface area contributed by atoms with Crippen LogP contribution in [0.2, 0.25) is 0 Å². The number of hydrogen-bond acceptors (Lipinski definition) is 6. The van der Waals surface area contributed by atoms with Crippen molar-refractivity contribution in [1.82, 2.24) is 0 Å². The molecule has 0 radical (unpaired) electrons.